The molecule has 4 nitrogen and oxygen atoms in total. The maximum Gasteiger partial charge on any atom is 0.159 e. The fourth-order valence-electron chi connectivity index (χ4n) is 2.66. The van der Waals surface area contributed by atoms with Crippen LogP contribution in [0, 0.1) is 5.92 Å². The van der Waals surface area contributed by atoms with Crippen molar-refractivity contribution < 1.29 is 0 Å². The molecule has 18 heavy (non-hydrogen) atoms. The molecule has 2 aromatic rings. The van der Waals surface area contributed by atoms with E-state index in [9.17, 15) is 0 Å². The Morgan fingerprint density at radius 1 is 1.39 bits per heavy atom. The van der Waals surface area contributed by atoms with Crippen molar-refractivity contribution in [2.45, 2.75) is 19.4 Å². The van der Waals surface area contributed by atoms with Gasteiger partial charge in [0.1, 0.15) is 0 Å². The summed E-state index contributed by atoms with van der Waals surface area (Å²) in [5.74, 6) is 1.56. The Labute approximate surface area is 107 Å². The fraction of sp³-hybridized carbons (Fsp3) is 0.429. The number of hydrogen-bond acceptors (Lipinski definition) is 4. The van der Waals surface area contributed by atoms with Gasteiger partial charge < -0.3 is 10.6 Å². The third-order valence-corrected chi connectivity index (χ3v) is 3.82. The summed E-state index contributed by atoms with van der Waals surface area (Å²) >= 11 is 0. The Morgan fingerprint density at radius 3 is 3.00 bits per heavy atom. The van der Waals surface area contributed by atoms with Crippen molar-refractivity contribution >= 4 is 16.6 Å². The van der Waals surface area contributed by atoms with Crippen LogP contribution in [0.3, 0.4) is 0 Å². The number of anilines is 1. The van der Waals surface area contributed by atoms with E-state index < -0.39 is 0 Å². The van der Waals surface area contributed by atoms with Gasteiger partial charge in [-0.1, -0.05) is 24.3 Å². The zero-order chi connectivity index (χ0) is 12.5. The first-order valence-corrected chi connectivity index (χ1v) is 6.46. The van der Waals surface area contributed by atoms with Crippen LogP contribution in [0.1, 0.15) is 13.3 Å². The lowest BCUT2D eigenvalue weighted by atomic mass is 10.0. The van der Waals surface area contributed by atoms with Crippen LogP contribution in [0.15, 0.2) is 30.5 Å². The zero-order valence-corrected chi connectivity index (χ0v) is 10.6. The summed E-state index contributed by atoms with van der Waals surface area (Å²) in [4.78, 5) is 2.31. The zero-order valence-electron chi connectivity index (χ0n) is 10.6. The van der Waals surface area contributed by atoms with Crippen molar-refractivity contribution in [3.05, 3.63) is 30.5 Å². The van der Waals surface area contributed by atoms with Crippen LogP contribution in [0.2, 0.25) is 0 Å². The molecule has 0 amide bonds. The van der Waals surface area contributed by atoms with Crippen molar-refractivity contribution in [2.75, 3.05) is 18.0 Å². The molecule has 1 aliphatic rings. The van der Waals surface area contributed by atoms with E-state index in [1.165, 1.54) is 5.39 Å². The molecule has 1 fully saturated rings. The van der Waals surface area contributed by atoms with Crippen LogP contribution in [0.4, 0.5) is 5.82 Å². The molecule has 0 aliphatic carbocycles. The molecule has 0 saturated carbocycles. The molecule has 1 saturated heterocycles. The van der Waals surface area contributed by atoms with Gasteiger partial charge in [0.05, 0.1) is 6.20 Å². The Bertz CT molecular complexity index is 547. The first-order valence-electron chi connectivity index (χ1n) is 6.46. The standard InChI is InChI=1S/C14H18N4/c1-10(15)12-6-7-18(9-12)14-13-5-3-2-4-11(13)8-16-17-14/h2-5,8,10,12H,6-7,9,15H2,1H3. The molecule has 2 atom stereocenters. The van der Waals surface area contributed by atoms with E-state index >= 15 is 0 Å². The molecule has 2 N–H and O–H groups in total. The van der Waals surface area contributed by atoms with E-state index in [2.05, 4.69) is 34.2 Å². The van der Waals surface area contributed by atoms with Crippen molar-refractivity contribution in [1.29, 1.82) is 0 Å². The van der Waals surface area contributed by atoms with Gasteiger partial charge in [0.25, 0.3) is 0 Å². The fourth-order valence-corrected chi connectivity index (χ4v) is 2.66. The molecule has 0 bridgehead atoms. The highest BCUT2D eigenvalue weighted by atomic mass is 15.3. The monoisotopic (exact) mass is 242 g/mol. The quantitative estimate of drug-likeness (QED) is 0.872. The highest BCUT2D eigenvalue weighted by Gasteiger charge is 2.27. The molecule has 2 heterocycles. The number of rotatable bonds is 2. The number of nitrogens with zero attached hydrogens (tertiary/aromatic N) is 3. The van der Waals surface area contributed by atoms with E-state index in [1.807, 2.05) is 18.3 Å². The SMILES string of the molecule is CC(N)C1CCN(c2nncc3ccccc23)C1. The maximum atomic E-state index is 5.99. The van der Waals surface area contributed by atoms with Gasteiger partial charge in [0.2, 0.25) is 0 Å². The largest absolute Gasteiger partial charge is 0.354 e. The van der Waals surface area contributed by atoms with Gasteiger partial charge in [-0.15, -0.1) is 5.10 Å². The second-order valence-electron chi connectivity index (χ2n) is 5.11. The van der Waals surface area contributed by atoms with Gasteiger partial charge in [-0.3, -0.25) is 0 Å². The number of aromatic nitrogens is 2. The van der Waals surface area contributed by atoms with Crippen LogP contribution in [-0.4, -0.2) is 29.3 Å². The summed E-state index contributed by atoms with van der Waals surface area (Å²) in [6, 6.07) is 8.51. The Morgan fingerprint density at radius 2 is 2.22 bits per heavy atom. The molecule has 94 valence electrons. The van der Waals surface area contributed by atoms with Crippen LogP contribution in [-0.2, 0) is 0 Å². The number of nitrogens with two attached hydrogens (primary N) is 1. The van der Waals surface area contributed by atoms with Gasteiger partial charge in [0.15, 0.2) is 5.82 Å². The summed E-state index contributed by atoms with van der Waals surface area (Å²) in [5, 5.41) is 10.7. The summed E-state index contributed by atoms with van der Waals surface area (Å²) in [6.07, 6.45) is 2.96. The van der Waals surface area contributed by atoms with Gasteiger partial charge >= 0.3 is 0 Å². The molecule has 2 unspecified atom stereocenters. The number of benzene rings is 1. The smallest absolute Gasteiger partial charge is 0.159 e. The second-order valence-corrected chi connectivity index (χ2v) is 5.11. The predicted molar refractivity (Wildman–Crippen MR) is 73.5 cm³/mol. The van der Waals surface area contributed by atoms with Crippen molar-refractivity contribution in [2.24, 2.45) is 11.7 Å². The minimum absolute atomic E-state index is 0.248. The van der Waals surface area contributed by atoms with Crippen LogP contribution >= 0.6 is 0 Å². The lowest BCUT2D eigenvalue weighted by Crippen LogP contribution is -2.30. The van der Waals surface area contributed by atoms with E-state index in [0.717, 1.165) is 30.7 Å². The Balaban J connectivity index is 1.96. The first-order chi connectivity index (χ1) is 8.75. The van der Waals surface area contributed by atoms with Crippen LogP contribution in [0.25, 0.3) is 10.8 Å². The van der Waals surface area contributed by atoms with Gasteiger partial charge in [-0.25, -0.2) is 0 Å². The predicted octanol–water partition coefficient (Wildman–Crippen LogP) is 1.80. The molecule has 1 aliphatic heterocycles. The molecule has 0 spiro atoms. The lowest BCUT2D eigenvalue weighted by molar-refractivity contribution is 0.488. The minimum Gasteiger partial charge on any atom is -0.354 e. The minimum atomic E-state index is 0.248. The highest BCUT2D eigenvalue weighted by Crippen LogP contribution is 2.28. The van der Waals surface area contributed by atoms with E-state index in [0.29, 0.717) is 5.92 Å². The Hall–Kier alpha value is -1.68. The summed E-state index contributed by atoms with van der Waals surface area (Å²) in [7, 11) is 0. The molecule has 4 heteroatoms. The molecule has 3 rings (SSSR count). The molecule has 1 aromatic heterocycles. The van der Waals surface area contributed by atoms with E-state index in [4.69, 9.17) is 5.73 Å². The molecule has 0 radical (unpaired) electrons. The van der Waals surface area contributed by atoms with Gasteiger partial charge in [0, 0.05) is 29.9 Å². The van der Waals surface area contributed by atoms with E-state index in [-0.39, 0.29) is 6.04 Å². The summed E-state index contributed by atoms with van der Waals surface area (Å²) in [6.45, 7) is 4.10. The number of hydrogen-bond donors (Lipinski definition) is 1. The van der Waals surface area contributed by atoms with Crippen LogP contribution < -0.4 is 10.6 Å². The highest BCUT2D eigenvalue weighted by molar-refractivity contribution is 5.91. The average Bonchev–Trinajstić information content (AvgIpc) is 2.87. The third-order valence-electron chi connectivity index (χ3n) is 3.82. The van der Waals surface area contributed by atoms with Crippen molar-refractivity contribution in [1.82, 2.24) is 10.2 Å². The molecular weight excluding hydrogens is 224 g/mol. The number of fused-ring (bicyclic) bond motifs is 1. The normalized spacial score (nSPS) is 21.4. The van der Waals surface area contributed by atoms with Gasteiger partial charge in [-0.05, 0) is 19.3 Å². The van der Waals surface area contributed by atoms with Crippen molar-refractivity contribution in [3.63, 3.8) is 0 Å². The van der Waals surface area contributed by atoms with Gasteiger partial charge in [-0.2, -0.15) is 5.10 Å². The van der Waals surface area contributed by atoms with Crippen molar-refractivity contribution in [3.8, 4) is 0 Å². The summed E-state index contributed by atoms with van der Waals surface area (Å²) < 4.78 is 0. The maximum absolute atomic E-state index is 5.99. The van der Waals surface area contributed by atoms with E-state index in [1.54, 1.807) is 0 Å². The summed E-state index contributed by atoms with van der Waals surface area (Å²) in [5.41, 5.74) is 5.99. The van der Waals surface area contributed by atoms with Crippen LogP contribution in [0.5, 0.6) is 0 Å². The molecule has 1 aromatic carbocycles. The molecular formula is C14H18N4. The second kappa shape index (κ2) is 4.53. The first kappa shape index (κ1) is 11.4. The average molecular weight is 242 g/mol. The lowest BCUT2D eigenvalue weighted by Gasteiger charge is -2.19. The topological polar surface area (TPSA) is 55.0 Å². The Kier molecular flexibility index (Phi) is 2.88. The third kappa shape index (κ3) is 1.93.